The number of aliphatic hydroxyl groups is 1. The monoisotopic (exact) mass is 262 g/mol. The molecule has 1 aromatic rings. The first-order valence-corrected chi connectivity index (χ1v) is 6.11. The smallest absolute Gasteiger partial charge is 0.270 e. The van der Waals surface area contributed by atoms with E-state index in [1.807, 2.05) is 13.8 Å². The zero-order valence-electron chi connectivity index (χ0n) is 11.1. The molecule has 5 nitrogen and oxygen atoms in total. The summed E-state index contributed by atoms with van der Waals surface area (Å²) in [5.74, 6) is 4.99. The van der Waals surface area contributed by atoms with Crippen LogP contribution in [0.1, 0.15) is 29.9 Å². The van der Waals surface area contributed by atoms with Gasteiger partial charge in [0.05, 0.1) is 6.61 Å². The van der Waals surface area contributed by atoms with Crippen LogP contribution in [0.3, 0.4) is 0 Å². The van der Waals surface area contributed by atoms with Crippen molar-refractivity contribution in [1.82, 2.24) is 10.3 Å². The fraction of sp³-hybridized carbons (Fsp3) is 0.429. The van der Waals surface area contributed by atoms with Crippen molar-refractivity contribution in [2.24, 2.45) is 0 Å². The summed E-state index contributed by atoms with van der Waals surface area (Å²) in [7, 11) is 0. The van der Waals surface area contributed by atoms with Gasteiger partial charge in [-0.2, -0.15) is 0 Å². The van der Waals surface area contributed by atoms with Crippen molar-refractivity contribution in [3.05, 3.63) is 29.6 Å². The molecule has 0 saturated heterocycles. The number of hydrogen-bond acceptors (Lipinski definition) is 4. The van der Waals surface area contributed by atoms with Crippen LogP contribution in [0.25, 0.3) is 0 Å². The molecule has 1 heterocycles. The number of nitrogens with zero attached hydrogens (tertiary/aromatic N) is 1. The maximum absolute atomic E-state index is 11.8. The van der Waals surface area contributed by atoms with Crippen LogP contribution >= 0.6 is 0 Å². The summed E-state index contributed by atoms with van der Waals surface area (Å²) < 4.78 is 5.22. The second-order valence-corrected chi connectivity index (χ2v) is 3.93. The molecule has 1 aromatic heterocycles. The molecule has 1 atom stereocenters. The van der Waals surface area contributed by atoms with Gasteiger partial charge in [0.25, 0.3) is 5.91 Å². The molecule has 0 spiro atoms. The average molecular weight is 262 g/mol. The van der Waals surface area contributed by atoms with Crippen LogP contribution in [0.2, 0.25) is 0 Å². The minimum atomic E-state index is -0.242. The van der Waals surface area contributed by atoms with Gasteiger partial charge in [-0.05, 0) is 26.0 Å². The largest absolute Gasteiger partial charge is 0.384 e. The van der Waals surface area contributed by atoms with Gasteiger partial charge in [0.15, 0.2) is 0 Å². The normalized spacial score (nSPS) is 11.3. The molecule has 1 rings (SSSR count). The highest BCUT2D eigenvalue weighted by atomic mass is 16.5. The van der Waals surface area contributed by atoms with Crippen LogP contribution in [-0.2, 0) is 4.74 Å². The Labute approximate surface area is 113 Å². The molecule has 102 valence electrons. The topological polar surface area (TPSA) is 71.5 Å². The van der Waals surface area contributed by atoms with Crippen LogP contribution < -0.4 is 5.32 Å². The number of hydrogen-bond donors (Lipinski definition) is 2. The second-order valence-electron chi connectivity index (χ2n) is 3.93. The van der Waals surface area contributed by atoms with Gasteiger partial charge in [0, 0.05) is 24.4 Å². The van der Waals surface area contributed by atoms with Crippen LogP contribution in [-0.4, -0.2) is 41.9 Å². The Hall–Kier alpha value is -1.90. The van der Waals surface area contributed by atoms with Crippen LogP contribution in [0.15, 0.2) is 18.3 Å². The lowest BCUT2D eigenvalue weighted by atomic mass is 10.2. The summed E-state index contributed by atoms with van der Waals surface area (Å²) in [6.07, 6.45) is 1.50. The number of carbonyl (C=O) groups excluding carboxylic acids is 1. The lowest BCUT2D eigenvalue weighted by Gasteiger charge is -2.13. The molecule has 0 aliphatic rings. The predicted octanol–water partition coefficient (Wildman–Crippen LogP) is 0.580. The molecule has 0 bridgehead atoms. The average Bonchev–Trinajstić information content (AvgIpc) is 2.43. The number of aliphatic hydroxyl groups excluding tert-OH is 1. The Morgan fingerprint density at radius 3 is 2.95 bits per heavy atom. The van der Waals surface area contributed by atoms with E-state index in [2.05, 4.69) is 22.1 Å². The Balaban J connectivity index is 2.57. The van der Waals surface area contributed by atoms with Crippen molar-refractivity contribution < 1.29 is 14.6 Å². The van der Waals surface area contributed by atoms with Crippen molar-refractivity contribution in [2.75, 3.05) is 19.8 Å². The van der Waals surface area contributed by atoms with E-state index >= 15 is 0 Å². The molecule has 0 aliphatic heterocycles. The fourth-order valence-corrected chi connectivity index (χ4v) is 1.38. The molecule has 0 radical (unpaired) electrons. The van der Waals surface area contributed by atoms with Crippen molar-refractivity contribution in [3.63, 3.8) is 0 Å². The number of nitrogens with one attached hydrogen (secondary N) is 1. The zero-order valence-corrected chi connectivity index (χ0v) is 11.1. The lowest BCUT2D eigenvalue weighted by Crippen LogP contribution is -2.36. The standard InChI is InChI=1S/C14H18N2O3/c1-3-19-10-11(2)16-14(18)13-7-6-12(9-15-13)5-4-8-17/h6-7,9,11,17H,3,8,10H2,1-2H3,(H,16,18). The third-order valence-electron chi connectivity index (χ3n) is 2.26. The number of carbonyl (C=O) groups is 1. The Kier molecular flexibility index (Phi) is 6.58. The minimum absolute atomic E-state index is 0.0666. The van der Waals surface area contributed by atoms with Crippen molar-refractivity contribution in [3.8, 4) is 11.8 Å². The fourth-order valence-electron chi connectivity index (χ4n) is 1.38. The molecule has 2 N–H and O–H groups in total. The van der Waals surface area contributed by atoms with Crippen LogP contribution in [0.4, 0.5) is 0 Å². The van der Waals surface area contributed by atoms with Gasteiger partial charge in [-0.15, -0.1) is 0 Å². The number of rotatable bonds is 5. The van der Waals surface area contributed by atoms with Crippen molar-refractivity contribution in [2.45, 2.75) is 19.9 Å². The number of ether oxygens (including phenoxy) is 1. The van der Waals surface area contributed by atoms with Crippen LogP contribution in [0.5, 0.6) is 0 Å². The predicted molar refractivity (Wildman–Crippen MR) is 71.6 cm³/mol. The molecular weight excluding hydrogens is 244 g/mol. The Bertz CT molecular complexity index is 460. The number of aromatic nitrogens is 1. The molecule has 19 heavy (non-hydrogen) atoms. The van der Waals surface area contributed by atoms with Gasteiger partial charge in [0.2, 0.25) is 0 Å². The summed E-state index contributed by atoms with van der Waals surface area (Å²) in [5, 5.41) is 11.4. The third kappa shape index (κ3) is 5.51. The van der Waals surface area contributed by atoms with Gasteiger partial charge in [-0.1, -0.05) is 11.8 Å². The van der Waals surface area contributed by atoms with E-state index in [9.17, 15) is 4.79 Å². The molecular formula is C14H18N2O3. The highest BCUT2D eigenvalue weighted by Crippen LogP contribution is 1.99. The Morgan fingerprint density at radius 2 is 2.37 bits per heavy atom. The first-order valence-electron chi connectivity index (χ1n) is 6.11. The molecule has 5 heteroatoms. The van der Waals surface area contributed by atoms with E-state index in [0.717, 1.165) is 0 Å². The number of amides is 1. The van der Waals surface area contributed by atoms with E-state index in [1.165, 1.54) is 6.20 Å². The molecule has 0 saturated carbocycles. The first kappa shape index (κ1) is 15.2. The van der Waals surface area contributed by atoms with Crippen molar-refractivity contribution in [1.29, 1.82) is 0 Å². The lowest BCUT2D eigenvalue weighted by molar-refractivity contribution is 0.0867. The van der Waals surface area contributed by atoms with E-state index in [-0.39, 0.29) is 18.6 Å². The summed E-state index contributed by atoms with van der Waals surface area (Å²) in [5.41, 5.74) is 0.992. The second kappa shape index (κ2) is 8.25. The SMILES string of the molecule is CCOCC(C)NC(=O)c1ccc(C#CCO)cn1. The first-order chi connectivity index (χ1) is 9.17. The zero-order chi connectivity index (χ0) is 14.1. The molecule has 1 amide bonds. The Morgan fingerprint density at radius 1 is 1.58 bits per heavy atom. The highest BCUT2D eigenvalue weighted by Gasteiger charge is 2.10. The molecule has 1 unspecified atom stereocenters. The quantitative estimate of drug-likeness (QED) is 0.761. The summed E-state index contributed by atoms with van der Waals surface area (Å²) in [6.45, 7) is 4.67. The van der Waals surface area contributed by atoms with E-state index in [0.29, 0.717) is 24.5 Å². The third-order valence-corrected chi connectivity index (χ3v) is 2.26. The van der Waals surface area contributed by atoms with Gasteiger partial charge in [-0.25, -0.2) is 4.98 Å². The summed E-state index contributed by atoms with van der Waals surface area (Å²) in [4.78, 5) is 15.9. The number of pyridine rings is 1. The van der Waals surface area contributed by atoms with Gasteiger partial charge in [0.1, 0.15) is 12.3 Å². The van der Waals surface area contributed by atoms with E-state index in [1.54, 1.807) is 12.1 Å². The molecule has 0 aliphatic carbocycles. The summed E-state index contributed by atoms with van der Waals surface area (Å²) >= 11 is 0. The minimum Gasteiger partial charge on any atom is -0.384 e. The summed E-state index contributed by atoms with van der Waals surface area (Å²) in [6, 6.07) is 3.23. The van der Waals surface area contributed by atoms with E-state index in [4.69, 9.17) is 9.84 Å². The molecule has 0 fully saturated rings. The maximum Gasteiger partial charge on any atom is 0.270 e. The van der Waals surface area contributed by atoms with Gasteiger partial charge >= 0.3 is 0 Å². The maximum atomic E-state index is 11.8. The van der Waals surface area contributed by atoms with Crippen LogP contribution in [0, 0.1) is 11.8 Å². The van der Waals surface area contributed by atoms with Crippen molar-refractivity contribution >= 4 is 5.91 Å². The van der Waals surface area contributed by atoms with Gasteiger partial charge < -0.3 is 15.2 Å². The van der Waals surface area contributed by atoms with Gasteiger partial charge in [-0.3, -0.25) is 4.79 Å². The van der Waals surface area contributed by atoms with E-state index < -0.39 is 0 Å². The molecule has 0 aromatic carbocycles. The highest BCUT2D eigenvalue weighted by molar-refractivity contribution is 5.92.